The van der Waals surface area contributed by atoms with Gasteiger partial charge >= 0.3 is 0 Å². The second-order valence-electron chi connectivity index (χ2n) is 2.97. The standard InChI is InChI=1S/C10H11NOS/c1-7(11)9-4-5-10(13-9)8-3-2-6-12-8/h2-7H,11H2,1H3/t7-/m0/s1. The molecule has 0 aliphatic carbocycles. The average molecular weight is 193 g/mol. The lowest BCUT2D eigenvalue weighted by molar-refractivity contribution is 0.584. The number of nitrogens with two attached hydrogens (primary N) is 1. The molecule has 0 saturated heterocycles. The fourth-order valence-corrected chi connectivity index (χ4v) is 2.08. The van der Waals surface area contributed by atoms with Crippen molar-refractivity contribution in [3.63, 3.8) is 0 Å². The van der Waals surface area contributed by atoms with Crippen molar-refractivity contribution in [2.24, 2.45) is 5.73 Å². The highest BCUT2D eigenvalue weighted by Crippen LogP contribution is 2.30. The minimum atomic E-state index is 0.105. The molecule has 0 spiro atoms. The molecule has 13 heavy (non-hydrogen) atoms. The van der Waals surface area contributed by atoms with Crippen LogP contribution in [0.5, 0.6) is 0 Å². The molecule has 0 aliphatic rings. The van der Waals surface area contributed by atoms with E-state index in [9.17, 15) is 0 Å². The topological polar surface area (TPSA) is 39.2 Å². The highest BCUT2D eigenvalue weighted by molar-refractivity contribution is 7.15. The molecular formula is C10H11NOS. The molecule has 2 rings (SSSR count). The lowest BCUT2D eigenvalue weighted by Crippen LogP contribution is -2.01. The van der Waals surface area contributed by atoms with Gasteiger partial charge in [0.2, 0.25) is 0 Å². The van der Waals surface area contributed by atoms with Gasteiger partial charge in [-0.25, -0.2) is 0 Å². The van der Waals surface area contributed by atoms with Crippen molar-refractivity contribution in [2.75, 3.05) is 0 Å². The summed E-state index contributed by atoms with van der Waals surface area (Å²) in [6.07, 6.45) is 1.68. The smallest absolute Gasteiger partial charge is 0.143 e. The van der Waals surface area contributed by atoms with Gasteiger partial charge in [-0.2, -0.15) is 0 Å². The maximum Gasteiger partial charge on any atom is 0.143 e. The Morgan fingerprint density at radius 3 is 2.77 bits per heavy atom. The second-order valence-corrected chi connectivity index (χ2v) is 4.08. The van der Waals surface area contributed by atoms with Crippen LogP contribution in [-0.4, -0.2) is 0 Å². The molecule has 0 radical (unpaired) electrons. The van der Waals surface area contributed by atoms with Crippen molar-refractivity contribution in [3.8, 4) is 10.6 Å². The number of hydrogen-bond donors (Lipinski definition) is 1. The molecule has 68 valence electrons. The summed E-state index contributed by atoms with van der Waals surface area (Å²) in [5.41, 5.74) is 5.76. The van der Waals surface area contributed by atoms with Crippen LogP contribution in [0.15, 0.2) is 34.9 Å². The van der Waals surface area contributed by atoms with Crippen LogP contribution in [0, 0.1) is 0 Å². The Labute approximate surface area is 81.0 Å². The molecule has 0 aliphatic heterocycles. The van der Waals surface area contributed by atoms with Gasteiger partial charge in [-0.05, 0) is 31.2 Å². The lowest BCUT2D eigenvalue weighted by Gasteiger charge is -1.97. The van der Waals surface area contributed by atoms with Crippen molar-refractivity contribution in [2.45, 2.75) is 13.0 Å². The van der Waals surface area contributed by atoms with Crippen molar-refractivity contribution in [1.82, 2.24) is 0 Å². The first-order valence-corrected chi connectivity index (χ1v) is 4.98. The summed E-state index contributed by atoms with van der Waals surface area (Å²) in [5, 5.41) is 0. The summed E-state index contributed by atoms with van der Waals surface area (Å²) in [7, 11) is 0. The van der Waals surface area contributed by atoms with Crippen LogP contribution in [0.2, 0.25) is 0 Å². The van der Waals surface area contributed by atoms with Gasteiger partial charge in [0.1, 0.15) is 5.76 Å². The molecule has 0 fully saturated rings. The summed E-state index contributed by atoms with van der Waals surface area (Å²) in [4.78, 5) is 2.32. The molecule has 0 unspecified atom stereocenters. The number of furan rings is 1. The average Bonchev–Trinajstić information content (AvgIpc) is 2.75. The van der Waals surface area contributed by atoms with Crippen molar-refractivity contribution >= 4 is 11.3 Å². The molecule has 0 aromatic carbocycles. The van der Waals surface area contributed by atoms with Gasteiger partial charge in [0.05, 0.1) is 11.1 Å². The van der Waals surface area contributed by atoms with E-state index in [0.717, 1.165) is 10.6 Å². The third-order valence-electron chi connectivity index (χ3n) is 1.84. The minimum Gasteiger partial charge on any atom is -0.464 e. The first kappa shape index (κ1) is 8.53. The van der Waals surface area contributed by atoms with Crippen molar-refractivity contribution in [3.05, 3.63) is 35.4 Å². The summed E-state index contributed by atoms with van der Waals surface area (Å²) in [6, 6.07) is 8.04. The van der Waals surface area contributed by atoms with E-state index in [1.54, 1.807) is 17.6 Å². The fourth-order valence-electron chi connectivity index (χ4n) is 1.15. The third kappa shape index (κ3) is 1.66. The molecule has 2 aromatic rings. The third-order valence-corrected chi connectivity index (χ3v) is 3.14. The predicted octanol–water partition coefficient (Wildman–Crippen LogP) is 3.03. The van der Waals surface area contributed by atoms with E-state index < -0.39 is 0 Å². The lowest BCUT2D eigenvalue weighted by atomic mass is 10.3. The number of hydrogen-bond acceptors (Lipinski definition) is 3. The van der Waals surface area contributed by atoms with Gasteiger partial charge in [0.15, 0.2) is 0 Å². The molecule has 2 nitrogen and oxygen atoms in total. The van der Waals surface area contributed by atoms with Crippen LogP contribution >= 0.6 is 11.3 Å². The summed E-state index contributed by atoms with van der Waals surface area (Å²) in [6.45, 7) is 1.98. The zero-order chi connectivity index (χ0) is 9.26. The van der Waals surface area contributed by atoms with Crippen LogP contribution in [0.4, 0.5) is 0 Å². The van der Waals surface area contributed by atoms with Crippen LogP contribution in [0.1, 0.15) is 17.8 Å². The molecule has 0 amide bonds. The van der Waals surface area contributed by atoms with Crippen molar-refractivity contribution < 1.29 is 4.42 Å². The molecule has 2 heterocycles. The van der Waals surface area contributed by atoms with Crippen LogP contribution < -0.4 is 5.73 Å². The first-order valence-electron chi connectivity index (χ1n) is 4.16. The second kappa shape index (κ2) is 3.36. The maximum atomic E-state index is 5.76. The highest BCUT2D eigenvalue weighted by Gasteiger charge is 2.06. The molecule has 2 N–H and O–H groups in total. The van der Waals surface area contributed by atoms with Gasteiger partial charge < -0.3 is 10.2 Å². The van der Waals surface area contributed by atoms with E-state index in [1.807, 2.05) is 31.2 Å². The van der Waals surface area contributed by atoms with E-state index in [-0.39, 0.29) is 6.04 Å². The Morgan fingerprint density at radius 2 is 2.23 bits per heavy atom. The zero-order valence-electron chi connectivity index (χ0n) is 7.36. The monoisotopic (exact) mass is 193 g/mol. The molecule has 2 aromatic heterocycles. The Hall–Kier alpha value is -1.06. The number of rotatable bonds is 2. The highest BCUT2D eigenvalue weighted by atomic mass is 32.1. The molecule has 1 atom stereocenters. The minimum absolute atomic E-state index is 0.105. The number of thiophene rings is 1. The van der Waals surface area contributed by atoms with Gasteiger partial charge in [-0.1, -0.05) is 0 Å². The molecular weight excluding hydrogens is 182 g/mol. The zero-order valence-corrected chi connectivity index (χ0v) is 8.17. The van der Waals surface area contributed by atoms with Crippen LogP contribution in [0.25, 0.3) is 10.6 Å². The SMILES string of the molecule is C[C@H](N)c1ccc(-c2ccco2)s1. The van der Waals surface area contributed by atoms with E-state index in [2.05, 4.69) is 0 Å². The van der Waals surface area contributed by atoms with Crippen LogP contribution in [-0.2, 0) is 0 Å². The predicted molar refractivity (Wildman–Crippen MR) is 54.6 cm³/mol. The molecule has 3 heteroatoms. The largest absolute Gasteiger partial charge is 0.464 e. The Balaban J connectivity index is 2.33. The van der Waals surface area contributed by atoms with Gasteiger partial charge in [0.25, 0.3) is 0 Å². The van der Waals surface area contributed by atoms with Crippen LogP contribution in [0.3, 0.4) is 0 Å². The summed E-state index contributed by atoms with van der Waals surface area (Å²) >= 11 is 1.68. The van der Waals surface area contributed by atoms with Gasteiger partial charge in [-0.3, -0.25) is 0 Å². The normalized spacial score (nSPS) is 13.1. The molecule has 0 saturated carbocycles. The Bertz CT molecular complexity index is 375. The molecule has 0 bridgehead atoms. The van der Waals surface area contributed by atoms with Gasteiger partial charge in [0, 0.05) is 10.9 Å². The maximum absolute atomic E-state index is 5.76. The van der Waals surface area contributed by atoms with Crippen molar-refractivity contribution in [1.29, 1.82) is 0 Å². The van der Waals surface area contributed by atoms with E-state index in [0.29, 0.717) is 0 Å². The Kier molecular flexibility index (Phi) is 2.20. The van der Waals surface area contributed by atoms with Gasteiger partial charge in [-0.15, -0.1) is 11.3 Å². The quantitative estimate of drug-likeness (QED) is 0.796. The van der Waals surface area contributed by atoms with E-state index in [1.165, 1.54) is 4.88 Å². The summed E-state index contributed by atoms with van der Waals surface area (Å²) in [5.74, 6) is 0.914. The Morgan fingerprint density at radius 1 is 1.38 bits per heavy atom. The fraction of sp³-hybridized carbons (Fsp3) is 0.200. The van der Waals surface area contributed by atoms with E-state index >= 15 is 0 Å². The van der Waals surface area contributed by atoms with E-state index in [4.69, 9.17) is 10.2 Å². The summed E-state index contributed by atoms with van der Waals surface area (Å²) < 4.78 is 5.28. The first-order chi connectivity index (χ1) is 6.27.